The van der Waals surface area contributed by atoms with Gasteiger partial charge in [0.15, 0.2) is 23.0 Å². The normalized spacial score (nSPS) is 10.5. The van der Waals surface area contributed by atoms with Gasteiger partial charge in [0.25, 0.3) is 5.91 Å². The highest BCUT2D eigenvalue weighted by molar-refractivity contribution is 5.98. The molecule has 2 heterocycles. The maximum Gasteiger partial charge on any atom is 0.255 e. The lowest BCUT2D eigenvalue weighted by Gasteiger charge is -2.15. The third-order valence-corrected chi connectivity index (χ3v) is 3.74. The number of pyridine rings is 1. The van der Waals surface area contributed by atoms with Crippen LogP contribution in [0.4, 0.5) is 0 Å². The maximum absolute atomic E-state index is 12.6. The third-order valence-electron chi connectivity index (χ3n) is 3.74. The van der Waals surface area contributed by atoms with E-state index in [1.165, 1.54) is 21.3 Å². The number of fused-ring (bicyclic) bond motifs is 1. The van der Waals surface area contributed by atoms with Gasteiger partial charge in [-0.1, -0.05) is 6.07 Å². The molecule has 0 aliphatic carbocycles. The molecule has 3 rings (SSSR count). The number of aromatic nitrogens is 3. The van der Waals surface area contributed by atoms with Gasteiger partial charge in [-0.05, 0) is 24.3 Å². The van der Waals surface area contributed by atoms with Crippen molar-refractivity contribution in [3.63, 3.8) is 0 Å². The molecule has 8 heteroatoms. The van der Waals surface area contributed by atoms with Crippen LogP contribution in [0.2, 0.25) is 0 Å². The zero-order valence-electron chi connectivity index (χ0n) is 14.1. The van der Waals surface area contributed by atoms with Crippen molar-refractivity contribution in [3.8, 4) is 17.2 Å². The SMILES string of the molecule is COc1ccc(C(=O)NCc2nnc3ccccn23)c(OC)c1OC. The first-order valence-corrected chi connectivity index (χ1v) is 7.55. The monoisotopic (exact) mass is 342 g/mol. The number of hydrogen-bond donors (Lipinski definition) is 1. The van der Waals surface area contributed by atoms with Crippen molar-refractivity contribution in [2.24, 2.45) is 0 Å². The molecule has 1 N–H and O–H groups in total. The van der Waals surface area contributed by atoms with Crippen LogP contribution in [-0.4, -0.2) is 41.8 Å². The van der Waals surface area contributed by atoms with Gasteiger partial charge in [0.1, 0.15) is 0 Å². The zero-order chi connectivity index (χ0) is 17.8. The molecule has 0 radical (unpaired) electrons. The summed E-state index contributed by atoms with van der Waals surface area (Å²) in [6.07, 6.45) is 1.84. The quantitative estimate of drug-likeness (QED) is 0.733. The molecule has 0 fully saturated rings. The number of amides is 1. The van der Waals surface area contributed by atoms with Crippen molar-refractivity contribution in [2.45, 2.75) is 6.54 Å². The smallest absolute Gasteiger partial charge is 0.255 e. The van der Waals surface area contributed by atoms with Gasteiger partial charge in [-0.3, -0.25) is 9.20 Å². The molecule has 1 aromatic carbocycles. The van der Waals surface area contributed by atoms with E-state index < -0.39 is 0 Å². The Morgan fingerprint density at radius 2 is 1.84 bits per heavy atom. The summed E-state index contributed by atoms with van der Waals surface area (Å²) < 4.78 is 17.7. The minimum absolute atomic E-state index is 0.224. The van der Waals surface area contributed by atoms with Gasteiger partial charge in [-0.25, -0.2) is 0 Å². The zero-order valence-corrected chi connectivity index (χ0v) is 14.1. The number of carbonyl (C=O) groups is 1. The highest BCUT2D eigenvalue weighted by Gasteiger charge is 2.20. The van der Waals surface area contributed by atoms with Crippen molar-refractivity contribution < 1.29 is 19.0 Å². The average Bonchev–Trinajstić information content (AvgIpc) is 3.07. The molecule has 0 spiro atoms. The minimum Gasteiger partial charge on any atom is -0.493 e. The Bertz CT molecular complexity index is 907. The van der Waals surface area contributed by atoms with E-state index in [-0.39, 0.29) is 12.5 Å². The van der Waals surface area contributed by atoms with Crippen LogP contribution >= 0.6 is 0 Å². The fourth-order valence-electron chi connectivity index (χ4n) is 2.55. The van der Waals surface area contributed by atoms with Gasteiger partial charge >= 0.3 is 0 Å². The second-order valence-corrected chi connectivity index (χ2v) is 5.11. The van der Waals surface area contributed by atoms with E-state index in [0.717, 1.165) is 5.65 Å². The standard InChI is InChI=1S/C17H18N4O4/c1-23-12-8-7-11(15(24-2)16(12)25-3)17(22)18-10-14-20-19-13-6-4-5-9-21(13)14/h4-9H,10H2,1-3H3,(H,18,22). The maximum atomic E-state index is 12.6. The van der Waals surface area contributed by atoms with Crippen LogP contribution in [-0.2, 0) is 6.54 Å². The number of carbonyl (C=O) groups excluding carboxylic acids is 1. The van der Waals surface area contributed by atoms with Crippen molar-refractivity contribution in [2.75, 3.05) is 21.3 Å². The molecule has 0 bridgehead atoms. The summed E-state index contributed by atoms with van der Waals surface area (Å²) in [4.78, 5) is 12.6. The van der Waals surface area contributed by atoms with Gasteiger partial charge in [0.05, 0.1) is 33.4 Å². The summed E-state index contributed by atoms with van der Waals surface area (Å²) in [5.74, 6) is 1.48. The molecule has 2 aromatic heterocycles. The number of rotatable bonds is 6. The van der Waals surface area contributed by atoms with E-state index in [2.05, 4.69) is 15.5 Å². The lowest BCUT2D eigenvalue weighted by Crippen LogP contribution is -2.24. The largest absolute Gasteiger partial charge is 0.493 e. The summed E-state index contributed by atoms with van der Waals surface area (Å²) >= 11 is 0. The van der Waals surface area contributed by atoms with Crippen LogP contribution in [0.3, 0.4) is 0 Å². The molecule has 3 aromatic rings. The summed E-state index contributed by atoms with van der Waals surface area (Å²) in [7, 11) is 4.48. The molecule has 0 aliphatic heterocycles. The number of nitrogens with zero attached hydrogens (tertiary/aromatic N) is 3. The molecule has 0 saturated heterocycles. The Morgan fingerprint density at radius 3 is 2.56 bits per heavy atom. The second kappa shape index (κ2) is 7.08. The first-order chi connectivity index (χ1) is 12.2. The van der Waals surface area contributed by atoms with Crippen molar-refractivity contribution in [1.82, 2.24) is 19.9 Å². The van der Waals surface area contributed by atoms with Gasteiger partial charge in [-0.15, -0.1) is 10.2 Å². The molecule has 0 saturated carbocycles. The van der Waals surface area contributed by atoms with Crippen LogP contribution in [0.1, 0.15) is 16.2 Å². The molecular weight excluding hydrogens is 324 g/mol. The number of nitrogens with one attached hydrogen (secondary N) is 1. The average molecular weight is 342 g/mol. The Kier molecular flexibility index (Phi) is 4.69. The van der Waals surface area contributed by atoms with Gasteiger partial charge < -0.3 is 19.5 Å². The van der Waals surface area contributed by atoms with E-state index >= 15 is 0 Å². The fourth-order valence-corrected chi connectivity index (χ4v) is 2.55. The van der Waals surface area contributed by atoms with E-state index in [4.69, 9.17) is 14.2 Å². The molecule has 0 unspecified atom stereocenters. The Hall–Kier alpha value is -3.29. The lowest BCUT2D eigenvalue weighted by atomic mass is 10.1. The first-order valence-electron chi connectivity index (χ1n) is 7.55. The second-order valence-electron chi connectivity index (χ2n) is 5.11. The van der Waals surface area contributed by atoms with Crippen LogP contribution < -0.4 is 19.5 Å². The van der Waals surface area contributed by atoms with Crippen LogP contribution in [0.25, 0.3) is 5.65 Å². The third kappa shape index (κ3) is 3.06. The number of hydrogen-bond acceptors (Lipinski definition) is 6. The molecule has 1 amide bonds. The van der Waals surface area contributed by atoms with E-state index in [1.54, 1.807) is 12.1 Å². The topological polar surface area (TPSA) is 87.0 Å². The molecule has 25 heavy (non-hydrogen) atoms. The predicted molar refractivity (Wildman–Crippen MR) is 90.3 cm³/mol. The molecular formula is C17H18N4O4. The van der Waals surface area contributed by atoms with Crippen molar-refractivity contribution in [1.29, 1.82) is 0 Å². The molecule has 8 nitrogen and oxygen atoms in total. The first kappa shape index (κ1) is 16.6. The molecule has 0 atom stereocenters. The van der Waals surface area contributed by atoms with E-state index in [1.807, 2.05) is 28.8 Å². The van der Waals surface area contributed by atoms with Crippen LogP contribution in [0.5, 0.6) is 17.2 Å². The lowest BCUT2D eigenvalue weighted by molar-refractivity contribution is 0.0946. The van der Waals surface area contributed by atoms with Crippen LogP contribution in [0.15, 0.2) is 36.5 Å². The Balaban J connectivity index is 1.84. The highest BCUT2D eigenvalue weighted by Crippen LogP contribution is 2.39. The minimum atomic E-state index is -0.314. The van der Waals surface area contributed by atoms with Gasteiger partial charge in [-0.2, -0.15) is 0 Å². The van der Waals surface area contributed by atoms with E-state index in [9.17, 15) is 4.79 Å². The van der Waals surface area contributed by atoms with Gasteiger partial charge in [0, 0.05) is 6.20 Å². The van der Waals surface area contributed by atoms with Crippen molar-refractivity contribution >= 4 is 11.6 Å². The summed E-state index contributed by atoms with van der Waals surface area (Å²) in [5, 5.41) is 11.0. The molecule has 0 aliphatic rings. The Morgan fingerprint density at radius 1 is 1.04 bits per heavy atom. The highest BCUT2D eigenvalue weighted by atomic mass is 16.5. The van der Waals surface area contributed by atoms with Crippen LogP contribution in [0, 0.1) is 0 Å². The van der Waals surface area contributed by atoms with Crippen molar-refractivity contribution in [3.05, 3.63) is 47.9 Å². The van der Waals surface area contributed by atoms with Gasteiger partial charge in [0.2, 0.25) is 5.75 Å². The predicted octanol–water partition coefficient (Wildman–Crippen LogP) is 1.69. The number of methoxy groups -OCH3 is 3. The molecule has 130 valence electrons. The Labute approximate surface area is 144 Å². The number of benzene rings is 1. The fraction of sp³-hybridized carbons (Fsp3) is 0.235. The number of ether oxygens (including phenoxy) is 3. The summed E-state index contributed by atoms with van der Waals surface area (Å²) in [6.45, 7) is 0.224. The van der Waals surface area contributed by atoms with E-state index in [0.29, 0.717) is 28.6 Å². The summed E-state index contributed by atoms with van der Waals surface area (Å²) in [5.41, 5.74) is 1.06. The summed E-state index contributed by atoms with van der Waals surface area (Å²) in [6, 6.07) is 8.87.